The SMILES string of the molecule is ClC(Cl)(Cl)Oc1cs[c]n1. The van der Waals surface area contributed by atoms with Gasteiger partial charge >= 0.3 is 3.98 Å². The topological polar surface area (TPSA) is 22.1 Å². The highest BCUT2D eigenvalue weighted by molar-refractivity contribution is 7.07. The van der Waals surface area contributed by atoms with Crippen molar-refractivity contribution in [3.05, 3.63) is 10.9 Å². The zero-order chi connectivity index (χ0) is 7.61. The van der Waals surface area contributed by atoms with Crippen LogP contribution in [0.15, 0.2) is 5.38 Å². The fraction of sp³-hybridized carbons (Fsp3) is 0.250. The summed E-state index contributed by atoms with van der Waals surface area (Å²) in [5.74, 6) is 0.269. The smallest absolute Gasteiger partial charge is 0.339 e. The number of aromatic nitrogens is 1. The highest BCUT2D eigenvalue weighted by Gasteiger charge is 2.22. The highest BCUT2D eigenvalue weighted by Crippen LogP contribution is 2.29. The van der Waals surface area contributed by atoms with Crippen LogP contribution in [0.1, 0.15) is 0 Å². The van der Waals surface area contributed by atoms with Crippen molar-refractivity contribution in [1.29, 1.82) is 0 Å². The normalized spacial score (nSPS) is 11.5. The van der Waals surface area contributed by atoms with Crippen molar-refractivity contribution in [3.63, 3.8) is 0 Å². The Bertz CT molecular complexity index is 195. The molecule has 0 saturated carbocycles. The number of rotatable bonds is 1. The van der Waals surface area contributed by atoms with Gasteiger partial charge in [0.05, 0.1) is 5.38 Å². The molecular weight excluding hydrogens is 216 g/mol. The van der Waals surface area contributed by atoms with E-state index in [0.717, 1.165) is 0 Å². The first-order chi connectivity index (χ1) is 4.58. The van der Waals surface area contributed by atoms with Gasteiger partial charge in [0, 0.05) is 0 Å². The summed E-state index contributed by atoms with van der Waals surface area (Å²) in [5.41, 5.74) is 2.54. The molecule has 0 aliphatic heterocycles. The first-order valence-corrected chi connectivity index (χ1v) is 4.16. The number of alkyl halides is 3. The van der Waals surface area contributed by atoms with Crippen molar-refractivity contribution < 1.29 is 4.74 Å². The number of thiazole rings is 1. The predicted molar refractivity (Wildman–Crippen MR) is 41.9 cm³/mol. The lowest BCUT2D eigenvalue weighted by atomic mass is 10.9. The average molecular weight is 217 g/mol. The Morgan fingerprint density at radius 2 is 2.30 bits per heavy atom. The summed E-state index contributed by atoms with van der Waals surface area (Å²) >= 11 is 17.1. The highest BCUT2D eigenvalue weighted by atomic mass is 35.6. The van der Waals surface area contributed by atoms with Gasteiger partial charge in [0.15, 0.2) is 5.51 Å². The van der Waals surface area contributed by atoms with E-state index in [1.807, 2.05) is 0 Å². The largest absolute Gasteiger partial charge is 0.427 e. The molecule has 0 aromatic carbocycles. The predicted octanol–water partition coefficient (Wildman–Crippen LogP) is 2.65. The molecule has 0 spiro atoms. The third kappa shape index (κ3) is 2.92. The van der Waals surface area contributed by atoms with E-state index in [1.54, 1.807) is 5.38 Å². The zero-order valence-electron chi connectivity index (χ0n) is 4.47. The van der Waals surface area contributed by atoms with Gasteiger partial charge in [-0.05, 0) is 34.8 Å². The molecule has 10 heavy (non-hydrogen) atoms. The van der Waals surface area contributed by atoms with E-state index in [-0.39, 0.29) is 5.88 Å². The molecule has 0 N–H and O–H groups in total. The van der Waals surface area contributed by atoms with Crippen LogP contribution in [0.5, 0.6) is 5.88 Å². The van der Waals surface area contributed by atoms with E-state index in [2.05, 4.69) is 10.5 Å². The molecule has 1 aromatic heterocycles. The maximum Gasteiger partial charge on any atom is 0.339 e. The summed E-state index contributed by atoms with van der Waals surface area (Å²) in [7, 11) is 0. The van der Waals surface area contributed by atoms with E-state index < -0.39 is 3.98 Å². The van der Waals surface area contributed by atoms with Crippen LogP contribution in [0.25, 0.3) is 0 Å². The van der Waals surface area contributed by atoms with Gasteiger partial charge in [-0.1, -0.05) is 0 Å². The van der Waals surface area contributed by atoms with Gasteiger partial charge in [0.1, 0.15) is 0 Å². The van der Waals surface area contributed by atoms with Gasteiger partial charge in [-0.3, -0.25) is 0 Å². The molecule has 55 valence electrons. The minimum atomic E-state index is -1.73. The lowest BCUT2D eigenvalue weighted by Gasteiger charge is -2.09. The van der Waals surface area contributed by atoms with E-state index in [0.29, 0.717) is 0 Å². The number of ether oxygens (including phenoxy) is 1. The Balaban J connectivity index is 2.57. The number of hydrogen-bond donors (Lipinski definition) is 0. The summed E-state index contributed by atoms with van der Waals surface area (Å²) in [6.45, 7) is 0. The standard InChI is InChI=1S/C4HCl3NOS/c5-4(6,7)9-3-1-10-2-8-3/h1H. The first kappa shape index (κ1) is 8.40. The van der Waals surface area contributed by atoms with Gasteiger partial charge < -0.3 is 4.74 Å². The second-order valence-electron chi connectivity index (χ2n) is 1.32. The molecule has 0 amide bonds. The Kier molecular flexibility index (Phi) is 2.63. The third-order valence-electron chi connectivity index (χ3n) is 0.589. The first-order valence-electron chi connectivity index (χ1n) is 2.15. The van der Waals surface area contributed by atoms with E-state index in [4.69, 9.17) is 39.5 Å². The fourth-order valence-corrected chi connectivity index (χ4v) is 0.974. The van der Waals surface area contributed by atoms with Crippen molar-refractivity contribution in [2.24, 2.45) is 0 Å². The molecule has 1 radical (unpaired) electrons. The summed E-state index contributed by atoms with van der Waals surface area (Å²) < 4.78 is 2.97. The minimum Gasteiger partial charge on any atom is -0.427 e. The summed E-state index contributed by atoms with van der Waals surface area (Å²) in [6, 6.07) is 0. The maximum atomic E-state index is 5.28. The molecule has 0 aliphatic rings. The molecule has 0 saturated heterocycles. The molecule has 0 aliphatic carbocycles. The molecule has 1 aromatic rings. The number of nitrogens with zero attached hydrogens (tertiary/aromatic N) is 1. The average Bonchev–Trinajstić information content (AvgIpc) is 2.12. The minimum absolute atomic E-state index is 0.269. The maximum absolute atomic E-state index is 5.28. The van der Waals surface area contributed by atoms with Crippen LogP contribution in [0, 0.1) is 5.51 Å². The van der Waals surface area contributed by atoms with Crippen LogP contribution in [-0.2, 0) is 0 Å². The second-order valence-corrected chi connectivity index (χ2v) is 4.16. The third-order valence-corrected chi connectivity index (χ3v) is 1.34. The Morgan fingerprint density at radius 1 is 1.60 bits per heavy atom. The molecule has 0 unspecified atom stereocenters. The van der Waals surface area contributed by atoms with Crippen LogP contribution in [0.4, 0.5) is 0 Å². The molecule has 2 nitrogen and oxygen atoms in total. The summed E-state index contributed by atoms with van der Waals surface area (Å²) in [6.07, 6.45) is 0. The van der Waals surface area contributed by atoms with Crippen molar-refractivity contribution in [1.82, 2.24) is 4.98 Å². The van der Waals surface area contributed by atoms with Gasteiger partial charge in [-0.15, -0.1) is 11.3 Å². The molecule has 1 rings (SSSR count). The van der Waals surface area contributed by atoms with Crippen LogP contribution in [0.3, 0.4) is 0 Å². The lowest BCUT2D eigenvalue weighted by molar-refractivity contribution is 0.309. The monoisotopic (exact) mass is 216 g/mol. The van der Waals surface area contributed by atoms with Gasteiger partial charge in [0.2, 0.25) is 5.88 Å². The van der Waals surface area contributed by atoms with Crippen LogP contribution < -0.4 is 4.74 Å². The number of halogens is 3. The summed E-state index contributed by atoms with van der Waals surface area (Å²) in [5, 5.41) is 1.59. The molecule has 0 fully saturated rings. The van der Waals surface area contributed by atoms with E-state index in [1.165, 1.54) is 11.3 Å². The van der Waals surface area contributed by atoms with Crippen molar-refractivity contribution in [2.75, 3.05) is 0 Å². The van der Waals surface area contributed by atoms with Crippen LogP contribution >= 0.6 is 46.1 Å². The fourth-order valence-electron chi connectivity index (χ4n) is 0.340. The molecule has 0 bridgehead atoms. The molecular formula is C4HCl3NOS. The number of hydrogen-bond acceptors (Lipinski definition) is 3. The Labute approximate surface area is 76.7 Å². The van der Waals surface area contributed by atoms with Crippen molar-refractivity contribution in [3.8, 4) is 5.88 Å². The van der Waals surface area contributed by atoms with Crippen molar-refractivity contribution >= 4 is 46.1 Å². The van der Waals surface area contributed by atoms with Gasteiger partial charge in [-0.2, -0.15) is 4.98 Å². The lowest BCUT2D eigenvalue weighted by Crippen LogP contribution is -2.12. The molecule has 1 heterocycles. The van der Waals surface area contributed by atoms with Gasteiger partial charge in [-0.25, -0.2) is 0 Å². The van der Waals surface area contributed by atoms with Gasteiger partial charge in [0.25, 0.3) is 0 Å². The van der Waals surface area contributed by atoms with Crippen LogP contribution in [0.2, 0.25) is 0 Å². The zero-order valence-corrected chi connectivity index (χ0v) is 7.56. The molecule has 6 heteroatoms. The van der Waals surface area contributed by atoms with Crippen LogP contribution in [-0.4, -0.2) is 8.96 Å². The molecule has 0 atom stereocenters. The summed E-state index contributed by atoms with van der Waals surface area (Å²) in [4.78, 5) is 3.62. The second kappa shape index (κ2) is 3.13. The van der Waals surface area contributed by atoms with E-state index >= 15 is 0 Å². The Morgan fingerprint density at radius 3 is 2.70 bits per heavy atom. The van der Waals surface area contributed by atoms with E-state index in [9.17, 15) is 0 Å². The Hall–Kier alpha value is 0.300. The quantitative estimate of drug-likeness (QED) is 0.675. The van der Waals surface area contributed by atoms with Crippen molar-refractivity contribution in [2.45, 2.75) is 3.98 Å².